The fourth-order valence-corrected chi connectivity index (χ4v) is 14.5. The minimum atomic E-state index is -2.73. The van der Waals surface area contributed by atoms with Crippen LogP contribution in [0.25, 0.3) is 89.7 Å². The minimum absolute atomic E-state index is 0.0890. The molecule has 19 heteroatoms. The molecular weight excluding hydrogens is 1140 g/mol. The number of H-pyrrole nitrogens is 2. The van der Waals surface area contributed by atoms with Crippen LogP contribution in [0.5, 0.6) is 23.0 Å². The Morgan fingerprint density at radius 3 is 1.34 bits per heavy atom. The van der Waals surface area contributed by atoms with Crippen LogP contribution in [0.4, 0.5) is 0 Å². The number of nitrogens with one attached hydrogen (secondary N) is 3. The first-order valence-electron chi connectivity index (χ1n) is 32.0. The van der Waals surface area contributed by atoms with E-state index < -0.39 is 8.80 Å². The van der Waals surface area contributed by atoms with Gasteiger partial charge in [-0.3, -0.25) is 4.79 Å². The Hall–Kier alpha value is -7.03. The Morgan fingerprint density at radius 2 is 0.854 bits per heavy atom. The zero-order chi connectivity index (χ0) is 64.2. The van der Waals surface area contributed by atoms with Crippen LogP contribution in [0, 0.1) is 47.3 Å². The maximum Gasteiger partial charge on any atom is 0.500 e. The molecule has 18 nitrogen and oxygen atoms in total. The second-order valence-corrected chi connectivity index (χ2v) is 29.6. The van der Waals surface area contributed by atoms with Crippen LogP contribution in [0.2, 0.25) is 6.04 Å². The molecule has 0 radical (unpaired) electrons. The molecule has 0 amide bonds. The van der Waals surface area contributed by atoms with E-state index in [1.165, 1.54) is 0 Å². The van der Waals surface area contributed by atoms with Crippen LogP contribution in [-0.4, -0.2) is 113 Å². The fraction of sp³-hybridized carbons (Fsp3) is 0.529. The Labute approximate surface area is 526 Å². The number of hydrogen-bond acceptors (Lipinski definition) is 16. The Morgan fingerprint density at radius 1 is 0.449 bits per heavy atom. The maximum atomic E-state index is 13.8. The molecule has 5 heterocycles. The van der Waals surface area contributed by atoms with Gasteiger partial charge in [0.05, 0.1) is 28.3 Å². The summed E-state index contributed by atoms with van der Waals surface area (Å²) in [6.07, 6.45) is 0.297. The van der Waals surface area contributed by atoms with Crippen LogP contribution in [0.15, 0.2) is 66.7 Å². The fourth-order valence-electron chi connectivity index (χ4n) is 12.8. The van der Waals surface area contributed by atoms with Crippen LogP contribution in [0.3, 0.4) is 0 Å². The molecule has 3 N–H and O–H groups in total. The summed E-state index contributed by atoms with van der Waals surface area (Å²) in [5, 5.41) is 6.30. The second-order valence-electron chi connectivity index (χ2n) is 26.5. The van der Waals surface area contributed by atoms with Crippen molar-refractivity contribution in [2.24, 2.45) is 47.3 Å². The van der Waals surface area contributed by atoms with Crippen molar-refractivity contribution in [3.63, 3.8) is 0 Å². The summed E-state index contributed by atoms with van der Waals surface area (Å²) >= 11 is 0. The summed E-state index contributed by atoms with van der Waals surface area (Å²) < 4.78 is 51.4. The number of benzene rings is 4. The molecule has 4 aromatic carbocycles. The van der Waals surface area contributed by atoms with Gasteiger partial charge in [-0.25, -0.2) is 29.9 Å². The van der Waals surface area contributed by atoms with Gasteiger partial charge >= 0.3 is 14.8 Å². The van der Waals surface area contributed by atoms with E-state index in [4.69, 9.17) is 66.9 Å². The third-order valence-electron chi connectivity index (χ3n) is 17.0. The molecule has 89 heavy (non-hydrogen) atoms. The number of rotatable bonds is 28. The molecule has 0 fully saturated rings. The molecule has 0 spiro atoms. The molecule has 3 aromatic heterocycles. The second kappa shape index (κ2) is 28.4. The van der Waals surface area contributed by atoms with Gasteiger partial charge in [0, 0.05) is 61.4 Å². The molecule has 0 atom stereocenters. The Bertz CT molecular complexity index is 3750. The van der Waals surface area contributed by atoms with Crippen molar-refractivity contribution >= 4 is 58.9 Å². The number of aromatic amines is 2. The molecule has 0 aliphatic carbocycles. The van der Waals surface area contributed by atoms with Gasteiger partial charge in [0.1, 0.15) is 76.6 Å². The number of aromatic nitrogens is 8. The Kier molecular flexibility index (Phi) is 21.2. The molecule has 7 aromatic rings. The van der Waals surface area contributed by atoms with Crippen molar-refractivity contribution in [2.75, 3.05) is 34.4 Å². The van der Waals surface area contributed by atoms with E-state index >= 15 is 0 Å². The molecule has 0 unspecified atom stereocenters. The maximum absolute atomic E-state index is 13.8. The molecular formula is C70H95N9O9Si. The quantitative estimate of drug-likeness (QED) is 0.0236. The summed E-state index contributed by atoms with van der Waals surface area (Å²) in [5.74, 6) is 5.05. The van der Waals surface area contributed by atoms with Gasteiger partial charge < -0.3 is 52.2 Å². The number of fused-ring (bicyclic) bond motifs is 20. The summed E-state index contributed by atoms with van der Waals surface area (Å²) in [5.41, 5.74) is 5.23. The van der Waals surface area contributed by atoms with E-state index in [2.05, 4.69) is 126 Å². The van der Waals surface area contributed by atoms with Crippen LogP contribution in [-0.2, 0) is 29.4 Å². The van der Waals surface area contributed by atoms with E-state index in [9.17, 15) is 4.79 Å². The third-order valence-corrected chi connectivity index (χ3v) is 19.8. The molecule has 9 rings (SSSR count). The van der Waals surface area contributed by atoms with E-state index in [-0.39, 0.29) is 90.8 Å². The first kappa shape index (κ1) is 66.4. The predicted octanol–water partition coefficient (Wildman–Crippen LogP) is 15.4. The highest BCUT2D eigenvalue weighted by molar-refractivity contribution is 6.60. The number of carbonyl (C=O) groups is 1. The molecule has 478 valence electrons. The van der Waals surface area contributed by atoms with Crippen molar-refractivity contribution in [2.45, 2.75) is 161 Å². The lowest BCUT2D eigenvalue weighted by atomic mass is 9.95. The summed E-state index contributed by atoms with van der Waals surface area (Å²) in [6, 6.07) is 22.5. The van der Waals surface area contributed by atoms with E-state index in [0.717, 1.165) is 28.1 Å². The topological polar surface area (TPSA) is 212 Å². The summed E-state index contributed by atoms with van der Waals surface area (Å²) in [7, 11) is 2.09. The highest BCUT2D eigenvalue weighted by Crippen LogP contribution is 2.47. The molecule has 0 saturated carbocycles. The van der Waals surface area contributed by atoms with Crippen molar-refractivity contribution in [1.29, 1.82) is 0 Å². The number of hydrogen-bond donors (Lipinski definition) is 3. The van der Waals surface area contributed by atoms with Gasteiger partial charge in [0.15, 0.2) is 23.3 Å². The van der Waals surface area contributed by atoms with Gasteiger partial charge in [0.25, 0.3) is 0 Å². The van der Waals surface area contributed by atoms with Crippen molar-refractivity contribution < 1.29 is 41.8 Å². The van der Waals surface area contributed by atoms with E-state index in [1.807, 2.05) is 66.7 Å². The van der Waals surface area contributed by atoms with Gasteiger partial charge in [-0.2, -0.15) is 0 Å². The van der Waals surface area contributed by atoms with E-state index in [1.54, 1.807) is 21.3 Å². The smallest absolute Gasteiger partial charge is 0.489 e. The SMILES string of the molecule is CO[Si](CCCNCCC(=O)OCc1ccc(OC(C(C)C)C(C)C)c2c1-c1nc-2nc2[nH]c(nc3nc(nc4[nH]c(n1)c1c(OC(C(C)C)C(C)C)cccc41)-c1c(OC(C(C)C)C(C)C)cccc1-3)c1c(OC(C(C)C)C(C)C)cccc21)(OC)OC. The molecule has 2 aliphatic rings. The summed E-state index contributed by atoms with van der Waals surface area (Å²) in [4.78, 5) is 54.2. The monoisotopic (exact) mass is 1230 g/mol. The highest BCUT2D eigenvalue weighted by atomic mass is 28.4. The van der Waals surface area contributed by atoms with Crippen molar-refractivity contribution in [3.05, 3.63) is 72.3 Å². The lowest BCUT2D eigenvalue weighted by molar-refractivity contribution is -0.144. The number of esters is 1. The first-order valence-corrected chi connectivity index (χ1v) is 34.0. The zero-order valence-corrected chi connectivity index (χ0v) is 56.9. The highest BCUT2D eigenvalue weighted by Gasteiger charge is 2.37. The normalized spacial score (nSPS) is 12.8. The number of ether oxygens (including phenoxy) is 5. The Balaban J connectivity index is 1.35. The van der Waals surface area contributed by atoms with Crippen LogP contribution >= 0.6 is 0 Å². The van der Waals surface area contributed by atoms with Crippen molar-refractivity contribution in [3.8, 4) is 68.5 Å². The average Bonchev–Trinajstić information content (AvgIpc) is 1.63. The lowest BCUT2D eigenvalue weighted by Crippen LogP contribution is -2.43. The number of nitrogens with zero attached hydrogens (tertiary/aromatic N) is 6. The third kappa shape index (κ3) is 14.3. The van der Waals surface area contributed by atoms with Gasteiger partial charge in [-0.1, -0.05) is 153 Å². The first-order chi connectivity index (χ1) is 42.5. The average molecular weight is 1230 g/mol. The molecule has 8 bridgehead atoms. The molecule has 2 aliphatic heterocycles. The number of carbonyl (C=O) groups excluding carboxylic acids is 1. The van der Waals surface area contributed by atoms with Gasteiger partial charge in [-0.05, 0) is 84.6 Å². The summed E-state index contributed by atoms with van der Waals surface area (Å²) in [6.45, 7) is 35.8. The lowest BCUT2D eigenvalue weighted by Gasteiger charge is -2.27. The minimum Gasteiger partial charge on any atom is -0.489 e. The van der Waals surface area contributed by atoms with Gasteiger partial charge in [-0.15, -0.1) is 0 Å². The van der Waals surface area contributed by atoms with Crippen LogP contribution in [0.1, 0.15) is 129 Å². The standard InChI is InChI=1S/C70H95N9O9Si/c1-37(2)59(38(3)4)85-49-27-20-24-46-55(49)67-72-63(46)73-68-56-47(25-21-28-50(56)86-60(39(5)6)40(7)8)65(75-68)77-70-58-52(88-62(43(13)14)44(15)16)31-30-45(36-84-53(80)32-34-71-33-23-35-89(81-17,82-18)83-19)54(58)66(79-70)78-69-57-48(64(74-67)76-69)26-22-29-51(57)87-61(41(9)10)42(11)12/h20-22,24-31,37-44,59-62,71H,23,32-36H2,1-19H3,(H2,72,73,74,75,76,77,78,79). The molecule has 0 saturated heterocycles. The predicted molar refractivity (Wildman–Crippen MR) is 356 cm³/mol. The van der Waals surface area contributed by atoms with Crippen LogP contribution < -0.4 is 24.3 Å². The van der Waals surface area contributed by atoms with Gasteiger partial charge in [0.2, 0.25) is 0 Å². The van der Waals surface area contributed by atoms with Crippen molar-refractivity contribution in [1.82, 2.24) is 45.2 Å². The zero-order valence-electron chi connectivity index (χ0n) is 55.9. The van der Waals surface area contributed by atoms with E-state index in [0.29, 0.717) is 116 Å². The largest absolute Gasteiger partial charge is 0.500 e.